The van der Waals surface area contributed by atoms with Crippen LogP contribution in [0.1, 0.15) is 19.4 Å². The van der Waals surface area contributed by atoms with Gasteiger partial charge in [0.15, 0.2) is 0 Å². The molecule has 0 aliphatic rings. The van der Waals surface area contributed by atoms with Crippen LogP contribution in [0.25, 0.3) is 10.9 Å². The van der Waals surface area contributed by atoms with E-state index in [1.54, 1.807) is 11.8 Å². The summed E-state index contributed by atoms with van der Waals surface area (Å²) in [6.45, 7) is 8.64. The lowest BCUT2D eigenvalue weighted by Gasteiger charge is -2.26. The summed E-state index contributed by atoms with van der Waals surface area (Å²) in [7, 11) is 0. The van der Waals surface area contributed by atoms with Crippen molar-refractivity contribution in [3.63, 3.8) is 0 Å². The average Bonchev–Trinajstić information content (AvgIpc) is 2.42. The molecule has 2 aromatic rings. The zero-order valence-electron chi connectivity index (χ0n) is 11.5. The number of hydrogen-bond donors (Lipinski definition) is 0. The molecule has 3 heteroatoms. The average molecular weight is 260 g/mol. The summed E-state index contributed by atoms with van der Waals surface area (Å²) in [5, 5.41) is 2.40. The van der Waals surface area contributed by atoms with E-state index >= 15 is 0 Å². The van der Waals surface area contributed by atoms with Gasteiger partial charge in [-0.3, -0.25) is 0 Å². The number of pyridine rings is 1. The van der Waals surface area contributed by atoms with Gasteiger partial charge in [0, 0.05) is 18.5 Å². The smallest absolute Gasteiger partial charge is 0.120 e. The maximum absolute atomic E-state index is 4.79. The highest BCUT2D eigenvalue weighted by Gasteiger charge is 2.15. The van der Waals surface area contributed by atoms with Crippen LogP contribution < -0.4 is 4.90 Å². The first-order valence-electron chi connectivity index (χ1n) is 6.41. The molecule has 0 spiro atoms. The molecule has 0 amide bonds. The molecule has 0 saturated carbocycles. The number of aryl methyl sites for hydroxylation is 1. The number of aromatic nitrogens is 1. The highest BCUT2D eigenvalue weighted by Crippen LogP contribution is 2.34. The van der Waals surface area contributed by atoms with Crippen molar-refractivity contribution in [2.45, 2.75) is 25.8 Å². The van der Waals surface area contributed by atoms with Gasteiger partial charge in [0.05, 0.1) is 11.2 Å². The van der Waals surface area contributed by atoms with E-state index in [1.807, 2.05) is 0 Å². The first-order chi connectivity index (χ1) is 8.72. The van der Waals surface area contributed by atoms with Gasteiger partial charge in [-0.15, -0.1) is 11.8 Å². The van der Waals surface area contributed by atoms with E-state index in [0.717, 1.165) is 23.6 Å². The van der Waals surface area contributed by atoms with Gasteiger partial charge < -0.3 is 4.90 Å². The van der Waals surface area contributed by atoms with Crippen LogP contribution in [-0.4, -0.2) is 24.3 Å². The van der Waals surface area contributed by atoms with Gasteiger partial charge in [0.25, 0.3) is 0 Å². The summed E-state index contributed by atoms with van der Waals surface area (Å²) in [6, 6.07) is 8.39. The maximum atomic E-state index is 4.79. The van der Waals surface area contributed by atoms with E-state index in [9.17, 15) is 0 Å². The molecule has 2 rings (SSSR count). The zero-order chi connectivity index (χ0) is 13.1. The van der Waals surface area contributed by atoms with Crippen molar-refractivity contribution in [1.82, 2.24) is 4.98 Å². The van der Waals surface area contributed by atoms with Gasteiger partial charge in [-0.1, -0.05) is 18.2 Å². The molecule has 0 aliphatic heterocycles. The lowest BCUT2D eigenvalue weighted by Crippen LogP contribution is -2.24. The second-order valence-electron chi connectivity index (χ2n) is 4.28. The van der Waals surface area contributed by atoms with Gasteiger partial charge >= 0.3 is 0 Å². The number of hydrogen-bond acceptors (Lipinski definition) is 3. The minimum Gasteiger partial charge on any atom is -0.370 e. The third kappa shape index (κ3) is 2.19. The number of thioether (sulfide) groups is 1. The largest absolute Gasteiger partial charge is 0.370 e. The Labute approximate surface area is 113 Å². The fourth-order valence-electron chi connectivity index (χ4n) is 2.39. The molecule has 0 aliphatic carbocycles. The Balaban J connectivity index is 2.73. The van der Waals surface area contributed by atoms with Crippen LogP contribution in [-0.2, 0) is 0 Å². The molecule has 0 atom stereocenters. The summed E-state index contributed by atoms with van der Waals surface area (Å²) >= 11 is 1.73. The van der Waals surface area contributed by atoms with Crippen molar-refractivity contribution in [2.24, 2.45) is 0 Å². The Morgan fingerprint density at radius 3 is 2.44 bits per heavy atom. The number of rotatable bonds is 4. The molecule has 1 aromatic carbocycles. The highest BCUT2D eigenvalue weighted by molar-refractivity contribution is 7.98. The Morgan fingerprint density at radius 2 is 1.83 bits per heavy atom. The second kappa shape index (κ2) is 5.61. The Kier molecular flexibility index (Phi) is 4.12. The molecule has 96 valence electrons. The van der Waals surface area contributed by atoms with Crippen LogP contribution in [0, 0.1) is 6.92 Å². The number of para-hydroxylation sites is 1. The molecule has 0 saturated heterocycles. The first-order valence-corrected chi connectivity index (χ1v) is 7.63. The Bertz CT molecular complexity index is 547. The van der Waals surface area contributed by atoms with Crippen LogP contribution in [0.5, 0.6) is 0 Å². The van der Waals surface area contributed by atoms with Crippen LogP contribution in [0.2, 0.25) is 0 Å². The van der Waals surface area contributed by atoms with E-state index in [-0.39, 0.29) is 0 Å². The molecule has 1 heterocycles. The lowest BCUT2D eigenvalue weighted by atomic mass is 10.1. The molecular formula is C15H20N2S. The van der Waals surface area contributed by atoms with E-state index in [1.165, 1.54) is 16.6 Å². The van der Waals surface area contributed by atoms with E-state index < -0.39 is 0 Å². The van der Waals surface area contributed by atoms with Crippen LogP contribution in [0.4, 0.5) is 5.69 Å². The summed E-state index contributed by atoms with van der Waals surface area (Å²) in [5.41, 5.74) is 3.73. The molecular weight excluding hydrogens is 240 g/mol. The van der Waals surface area contributed by atoms with Gasteiger partial charge in [-0.25, -0.2) is 4.98 Å². The van der Waals surface area contributed by atoms with Crippen LogP contribution >= 0.6 is 11.8 Å². The fraction of sp³-hybridized carbons (Fsp3) is 0.400. The van der Waals surface area contributed by atoms with Gasteiger partial charge in [-0.05, 0) is 38.7 Å². The minimum absolute atomic E-state index is 1.02. The molecule has 1 aromatic heterocycles. The second-order valence-corrected chi connectivity index (χ2v) is 5.08. The quantitative estimate of drug-likeness (QED) is 0.770. The zero-order valence-corrected chi connectivity index (χ0v) is 12.3. The molecule has 18 heavy (non-hydrogen) atoms. The summed E-state index contributed by atoms with van der Waals surface area (Å²) in [4.78, 5) is 7.18. The third-order valence-electron chi connectivity index (χ3n) is 3.36. The van der Waals surface area contributed by atoms with Crippen molar-refractivity contribution >= 4 is 28.4 Å². The summed E-state index contributed by atoms with van der Waals surface area (Å²) < 4.78 is 0. The molecule has 0 N–H and O–H groups in total. The van der Waals surface area contributed by atoms with E-state index in [2.05, 4.69) is 56.2 Å². The lowest BCUT2D eigenvalue weighted by molar-refractivity contribution is 0.842. The Hall–Kier alpha value is -1.22. The summed E-state index contributed by atoms with van der Waals surface area (Å²) in [6.07, 6.45) is 2.10. The van der Waals surface area contributed by atoms with Gasteiger partial charge in [0.2, 0.25) is 0 Å². The molecule has 0 bridgehead atoms. The van der Waals surface area contributed by atoms with E-state index in [0.29, 0.717) is 0 Å². The SMILES string of the molecule is CCN(CC)c1c(SC)nc2ccccc2c1C. The molecule has 0 radical (unpaired) electrons. The van der Waals surface area contributed by atoms with Crippen LogP contribution in [0.15, 0.2) is 29.3 Å². The standard InChI is InChI=1S/C15H20N2S/c1-5-17(6-2)14-11(3)12-9-7-8-10-13(12)16-15(14)18-4/h7-10H,5-6H2,1-4H3. The third-order valence-corrected chi connectivity index (χ3v) is 4.03. The van der Waals surface area contributed by atoms with E-state index in [4.69, 9.17) is 4.98 Å². The molecule has 2 nitrogen and oxygen atoms in total. The van der Waals surface area contributed by atoms with Crippen molar-refractivity contribution in [2.75, 3.05) is 24.2 Å². The maximum Gasteiger partial charge on any atom is 0.120 e. The normalized spacial score (nSPS) is 10.9. The summed E-state index contributed by atoms with van der Waals surface area (Å²) in [5.74, 6) is 0. The predicted molar refractivity (Wildman–Crippen MR) is 81.8 cm³/mol. The van der Waals surface area contributed by atoms with Crippen molar-refractivity contribution in [3.8, 4) is 0 Å². The monoisotopic (exact) mass is 260 g/mol. The number of benzene rings is 1. The van der Waals surface area contributed by atoms with Gasteiger partial charge in [-0.2, -0.15) is 0 Å². The van der Waals surface area contributed by atoms with Crippen molar-refractivity contribution in [3.05, 3.63) is 29.8 Å². The Morgan fingerprint density at radius 1 is 1.17 bits per heavy atom. The molecule has 0 unspecified atom stereocenters. The van der Waals surface area contributed by atoms with Crippen molar-refractivity contribution in [1.29, 1.82) is 0 Å². The van der Waals surface area contributed by atoms with Crippen LogP contribution in [0.3, 0.4) is 0 Å². The number of anilines is 1. The number of fused-ring (bicyclic) bond motifs is 1. The highest BCUT2D eigenvalue weighted by atomic mass is 32.2. The number of nitrogens with zero attached hydrogens (tertiary/aromatic N) is 2. The predicted octanol–water partition coefficient (Wildman–Crippen LogP) is 4.11. The molecule has 0 fully saturated rings. The van der Waals surface area contributed by atoms with Crippen molar-refractivity contribution < 1.29 is 0 Å². The first kappa shape index (κ1) is 13.2. The van der Waals surface area contributed by atoms with Gasteiger partial charge in [0.1, 0.15) is 5.03 Å². The fourth-order valence-corrected chi connectivity index (χ4v) is 3.06. The minimum atomic E-state index is 1.02. The topological polar surface area (TPSA) is 16.1 Å².